The third-order valence-corrected chi connectivity index (χ3v) is 8.70. The summed E-state index contributed by atoms with van der Waals surface area (Å²) in [6.45, 7) is 3.41. The van der Waals surface area contributed by atoms with Gasteiger partial charge in [-0.1, -0.05) is 30.3 Å². The number of nitrogens with zero attached hydrogens (tertiary/aromatic N) is 3. The van der Waals surface area contributed by atoms with Crippen LogP contribution in [0, 0.1) is 0 Å². The van der Waals surface area contributed by atoms with E-state index in [4.69, 9.17) is 9.90 Å². The van der Waals surface area contributed by atoms with E-state index >= 15 is 0 Å². The van der Waals surface area contributed by atoms with Gasteiger partial charge in [0.1, 0.15) is 0 Å². The number of anilines is 1. The maximum Gasteiger partial charge on any atom is 0.490 e. The highest BCUT2D eigenvalue weighted by Crippen LogP contribution is 2.40. The van der Waals surface area contributed by atoms with Crippen molar-refractivity contribution >= 4 is 33.4 Å². The zero-order valence-corrected chi connectivity index (χ0v) is 22.5. The monoisotopic (exact) mass is 569 g/mol. The summed E-state index contributed by atoms with van der Waals surface area (Å²) >= 11 is 0. The number of hydrogen-bond acceptors (Lipinski definition) is 6. The van der Waals surface area contributed by atoms with E-state index in [1.807, 2.05) is 24.1 Å². The first kappa shape index (κ1) is 30.1. The average Bonchev–Trinajstić information content (AvgIpc) is 3.29. The van der Waals surface area contributed by atoms with E-state index in [0.717, 1.165) is 31.5 Å². The molecule has 2 aliphatic heterocycles. The number of carbonyl (C=O) groups is 3. The number of carboxylic acids is 1. The lowest BCUT2D eigenvalue weighted by molar-refractivity contribution is -0.192. The average molecular weight is 570 g/mol. The Morgan fingerprint density at radius 1 is 1.00 bits per heavy atom. The van der Waals surface area contributed by atoms with Gasteiger partial charge in [-0.05, 0) is 63.7 Å². The molecule has 39 heavy (non-hydrogen) atoms. The Kier molecular flexibility index (Phi) is 9.06. The number of rotatable bonds is 5. The summed E-state index contributed by atoms with van der Waals surface area (Å²) in [4.78, 5) is 38.1. The van der Waals surface area contributed by atoms with E-state index in [9.17, 15) is 31.2 Å². The number of amides is 1. The Balaban J connectivity index is 0.000000532. The highest BCUT2D eigenvalue weighted by Gasteiger charge is 2.42. The Morgan fingerprint density at radius 3 is 2.05 bits per heavy atom. The van der Waals surface area contributed by atoms with E-state index in [0.29, 0.717) is 11.3 Å². The lowest BCUT2D eigenvalue weighted by Crippen LogP contribution is -2.46. The number of ketones is 1. The molecule has 9 nitrogen and oxygen atoms in total. The van der Waals surface area contributed by atoms with Crippen LogP contribution in [0.3, 0.4) is 0 Å². The molecule has 2 aliphatic rings. The molecule has 0 aromatic heterocycles. The number of aliphatic carboxylic acids is 1. The number of fused-ring (bicyclic) bond motifs is 1. The van der Waals surface area contributed by atoms with Gasteiger partial charge in [0, 0.05) is 18.7 Å². The van der Waals surface area contributed by atoms with Gasteiger partial charge >= 0.3 is 12.1 Å². The van der Waals surface area contributed by atoms with Gasteiger partial charge in [-0.3, -0.25) is 13.9 Å². The molecule has 0 aliphatic carbocycles. The summed E-state index contributed by atoms with van der Waals surface area (Å²) in [5.41, 5.74) is 1.73. The fourth-order valence-electron chi connectivity index (χ4n) is 4.61. The van der Waals surface area contributed by atoms with Crippen molar-refractivity contribution in [3.05, 3.63) is 59.7 Å². The van der Waals surface area contributed by atoms with Crippen LogP contribution in [-0.4, -0.2) is 86.9 Å². The number of carbonyl (C=O) groups excluding carboxylic acids is 2. The molecule has 1 unspecified atom stereocenters. The van der Waals surface area contributed by atoms with Crippen molar-refractivity contribution in [1.29, 1.82) is 0 Å². The molecule has 0 radical (unpaired) electrons. The molecule has 1 N–H and O–H groups in total. The van der Waals surface area contributed by atoms with Gasteiger partial charge in [0.05, 0.1) is 23.0 Å². The number of para-hydroxylation sites is 1. The molecule has 0 saturated carbocycles. The summed E-state index contributed by atoms with van der Waals surface area (Å²) in [6.07, 6.45) is -3.25. The van der Waals surface area contributed by atoms with Gasteiger partial charge in [-0.2, -0.15) is 13.2 Å². The number of alkyl halides is 3. The van der Waals surface area contributed by atoms with Crippen LogP contribution in [0.4, 0.5) is 18.9 Å². The van der Waals surface area contributed by atoms with Crippen molar-refractivity contribution in [2.45, 2.75) is 42.8 Å². The minimum atomic E-state index is -5.08. The van der Waals surface area contributed by atoms with Gasteiger partial charge in [-0.15, -0.1) is 0 Å². The quantitative estimate of drug-likeness (QED) is 0.549. The molecular formula is C26H30F3N3O6S. The number of hydrogen-bond donors (Lipinski definition) is 1. The zero-order valence-electron chi connectivity index (χ0n) is 21.7. The van der Waals surface area contributed by atoms with Crippen LogP contribution in [0.1, 0.15) is 41.6 Å². The van der Waals surface area contributed by atoms with E-state index in [-0.39, 0.29) is 29.2 Å². The number of likely N-dealkylation sites (tertiary alicyclic amines) is 1. The predicted molar refractivity (Wildman–Crippen MR) is 137 cm³/mol. The van der Waals surface area contributed by atoms with E-state index in [1.54, 1.807) is 12.1 Å². The first-order valence-electron chi connectivity index (χ1n) is 12.1. The van der Waals surface area contributed by atoms with Crippen molar-refractivity contribution in [2.75, 3.05) is 38.0 Å². The Bertz CT molecular complexity index is 1320. The molecule has 4 rings (SSSR count). The Morgan fingerprint density at radius 2 is 1.54 bits per heavy atom. The molecule has 1 fully saturated rings. The van der Waals surface area contributed by atoms with Crippen molar-refractivity contribution in [3.8, 4) is 0 Å². The van der Waals surface area contributed by atoms with E-state index in [1.165, 1.54) is 35.5 Å². The maximum atomic E-state index is 13.5. The second kappa shape index (κ2) is 11.7. The summed E-state index contributed by atoms with van der Waals surface area (Å²) in [5, 5.41) is 7.12. The van der Waals surface area contributed by atoms with Gasteiger partial charge < -0.3 is 14.9 Å². The molecule has 0 spiro atoms. The number of carboxylic acid groups (broad SMARTS) is 1. The Hall–Kier alpha value is -3.45. The van der Waals surface area contributed by atoms with Crippen LogP contribution in [0.5, 0.6) is 0 Å². The van der Waals surface area contributed by atoms with Crippen LogP contribution in [0.15, 0.2) is 53.4 Å². The number of benzene rings is 2. The third kappa shape index (κ3) is 6.77. The summed E-state index contributed by atoms with van der Waals surface area (Å²) < 4.78 is 60.0. The molecule has 2 aromatic rings. The molecule has 1 atom stereocenters. The van der Waals surface area contributed by atoms with E-state index in [2.05, 4.69) is 11.9 Å². The molecule has 0 bridgehead atoms. The normalized spacial score (nSPS) is 18.1. The molecule has 1 amide bonds. The number of sulfonamides is 1. The number of halogens is 3. The number of likely N-dealkylation sites (N-methyl/N-ethyl adjacent to an activating group) is 1. The smallest absolute Gasteiger partial charge is 0.475 e. The molecular weight excluding hydrogens is 539 g/mol. The van der Waals surface area contributed by atoms with Crippen molar-refractivity contribution < 1.29 is 41.1 Å². The topological polar surface area (TPSA) is 115 Å². The van der Waals surface area contributed by atoms with Crippen molar-refractivity contribution in [1.82, 2.24) is 9.80 Å². The third-order valence-electron chi connectivity index (χ3n) is 6.90. The fraction of sp³-hybridized carbons (Fsp3) is 0.423. The van der Waals surface area contributed by atoms with Gasteiger partial charge in [0.2, 0.25) is 5.91 Å². The molecule has 212 valence electrons. The molecule has 2 heterocycles. The second-order valence-electron chi connectivity index (χ2n) is 9.51. The first-order valence-corrected chi connectivity index (χ1v) is 13.6. The van der Waals surface area contributed by atoms with E-state index < -0.39 is 28.1 Å². The zero-order chi connectivity index (χ0) is 29.1. The maximum absolute atomic E-state index is 13.5. The van der Waals surface area contributed by atoms with Crippen LogP contribution >= 0.6 is 0 Å². The first-order chi connectivity index (χ1) is 18.1. The summed E-state index contributed by atoms with van der Waals surface area (Å²) in [6, 6.07) is 13.3. The Labute approximate surface area is 224 Å². The highest BCUT2D eigenvalue weighted by molar-refractivity contribution is 7.92. The fourth-order valence-corrected chi connectivity index (χ4v) is 6.11. The summed E-state index contributed by atoms with van der Waals surface area (Å²) in [5.74, 6) is -3.46. The van der Waals surface area contributed by atoms with Crippen molar-refractivity contribution in [3.63, 3.8) is 0 Å². The lowest BCUT2D eigenvalue weighted by atomic mass is 9.97. The van der Waals surface area contributed by atoms with Gasteiger partial charge in [0.25, 0.3) is 10.0 Å². The van der Waals surface area contributed by atoms with Gasteiger partial charge in [0.15, 0.2) is 5.78 Å². The highest BCUT2D eigenvalue weighted by atomic mass is 32.2. The molecule has 13 heteroatoms. The minimum Gasteiger partial charge on any atom is -0.475 e. The number of piperidine rings is 1. The van der Waals surface area contributed by atoms with Crippen LogP contribution in [-0.2, 0) is 19.6 Å². The lowest BCUT2D eigenvalue weighted by Gasteiger charge is -2.36. The summed E-state index contributed by atoms with van der Waals surface area (Å²) in [7, 11) is 0.0380. The van der Waals surface area contributed by atoms with Crippen LogP contribution in [0.25, 0.3) is 0 Å². The second-order valence-corrected chi connectivity index (χ2v) is 11.4. The van der Waals surface area contributed by atoms with Crippen molar-refractivity contribution in [2.24, 2.45) is 0 Å². The SMILES string of the molecule is CC(=O)c1ccc(S(=O)(=O)N2CC(C(=O)N(C)C3CCN(C)CC3)c3ccccc32)cc1.O=C(O)C(F)(F)F. The van der Waals surface area contributed by atoms with Crippen LogP contribution < -0.4 is 4.31 Å². The number of Topliss-reactive ketones (excluding diaryl/α,β-unsaturated/α-hetero) is 1. The van der Waals surface area contributed by atoms with Crippen LogP contribution in [0.2, 0.25) is 0 Å². The molecule has 2 aromatic carbocycles. The standard InChI is InChI=1S/C24H29N3O4S.C2HF3O2/c1-17(28)18-8-10-20(11-9-18)32(30,31)27-16-22(21-6-4-5-7-23(21)27)24(29)26(3)19-12-14-25(2)15-13-19;3-2(4,5)1(6)7/h4-11,19,22H,12-16H2,1-3H3;(H,6,7). The largest absolute Gasteiger partial charge is 0.490 e. The minimum absolute atomic E-state index is 0.0448. The predicted octanol–water partition coefficient (Wildman–Crippen LogP) is 3.37. The van der Waals surface area contributed by atoms with Gasteiger partial charge in [-0.25, -0.2) is 13.2 Å². The molecule has 1 saturated heterocycles.